The Balaban J connectivity index is -0.0000000267. The Hall–Kier alpha value is 0.803. The van der Waals surface area contributed by atoms with Gasteiger partial charge in [0.05, 0.1) is 0 Å². The van der Waals surface area contributed by atoms with Crippen LogP contribution in [0.15, 0.2) is 0 Å². The molecule has 0 aromatic carbocycles. The van der Waals surface area contributed by atoms with Crippen LogP contribution in [0, 0.1) is 0 Å². The van der Waals surface area contributed by atoms with Crippen LogP contribution in [0.4, 0.5) is 0 Å². The van der Waals surface area contributed by atoms with E-state index in [4.69, 9.17) is 0 Å². The average molecular weight is 239 g/mol. The van der Waals surface area contributed by atoms with Gasteiger partial charge in [0, 0.05) is 0 Å². The van der Waals surface area contributed by atoms with E-state index in [1.54, 1.807) is 0 Å². The Labute approximate surface area is 92.1 Å². The zero-order chi connectivity index (χ0) is 8.24. The van der Waals surface area contributed by atoms with E-state index in [9.17, 15) is 10.2 Å². The van der Waals surface area contributed by atoms with Gasteiger partial charge in [-0.15, -0.1) is 13.2 Å². The van der Waals surface area contributed by atoms with Crippen LogP contribution in [0.25, 0.3) is 0 Å². The Kier molecular flexibility index (Phi) is 36.2. The maximum Gasteiger partial charge on any atom is 4.00 e. The third-order valence-electron chi connectivity index (χ3n) is 0.996. The van der Waals surface area contributed by atoms with Crippen LogP contribution in [0.3, 0.4) is 0 Å². The van der Waals surface area contributed by atoms with Crippen molar-refractivity contribution >= 4 is 0 Å². The van der Waals surface area contributed by atoms with Crippen molar-refractivity contribution in [2.75, 3.05) is 13.2 Å². The van der Waals surface area contributed by atoms with E-state index in [1.807, 2.05) is 13.8 Å². The smallest absolute Gasteiger partial charge is 1.00 e. The molecule has 0 aromatic heterocycles. The summed E-state index contributed by atoms with van der Waals surface area (Å²) < 4.78 is 0. The van der Waals surface area contributed by atoms with Crippen molar-refractivity contribution in [3.05, 3.63) is 0 Å². The van der Waals surface area contributed by atoms with Crippen LogP contribution < -0.4 is 10.2 Å². The fourth-order valence-corrected chi connectivity index (χ4v) is 0.289. The largest absolute Gasteiger partial charge is 4.00 e. The summed E-state index contributed by atoms with van der Waals surface area (Å²) in [5.41, 5.74) is 0. The first-order valence-corrected chi connectivity index (χ1v) is 3.99. The third-order valence-corrected chi connectivity index (χ3v) is 0.996. The van der Waals surface area contributed by atoms with Gasteiger partial charge in [0.25, 0.3) is 0 Å². The minimum atomic E-state index is 0. The first-order valence-electron chi connectivity index (χ1n) is 3.99. The summed E-state index contributed by atoms with van der Waals surface area (Å²) in [5, 5.41) is 19.1. The second-order valence-electron chi connectivity index (χ2n) is 2.12. The zero-order valence-corrected chi connectivity index (χ0v) is 10.0. The van der Waals surface area contributed by atoms with Gasteiger partial charge in [-0.05, 0) is 0 Å². The van der Waals surface area contributed by atoms with Crippen LogP contribution in [-0.2, 0) is 26.2 Å². The molecule has 0 aliphatic rings. The maximum absolute atomic E-state index is 9.53. The number of hydrogen-bond donors (Lipinski definition) is 0. The van der Waals surface area contributed by atoms with E-state index in [1.165, 1.54) is 0 Å². The Bertz CT molecular complexity index is 41.1. The molecule has 0 unspecified atom stereocenters. The van der Waals surface area contributed by atoms with Crippen molar-refractivity contribution in [3.8, 4) is 0 Å². The quantitative estimate of drug-likeness (QED) is 0.718. The molecule has 0 bridgehead atoms. The molecule has 0 saturated heterocycles. The SMILES string of the molecule is CCCC[O-].CCCC[O-].[H-].[H-].[Zr+4]. The Morgan fingerprint density at radius 1 is 0.909 bits per heavy atom. The maximum atomic E-state index is 9.53. The molecule has 0 heterocycles. The van der Waals surface area contributed by atoms with Crippen molar-refractivity contribution in [2.24, 2.45) is 0 Å². The van der Waals surface area contributed by atoms with E-state index in [0.717, 1.165) is 25.7 Å². The minimum Gasteiger partial charge on any atom is -1.00 e. The van der Waals surface area contributed by atoms with Crippen LogP contribution in [0.1, 0.15) is 42.4 Å². The summed E-state index contributed by atoms with van der Waals surface area (Å²) >= 11 is 0. The van der Waals surface area contributed by atoms with Gasteiger partial charge in [0.15, 0.2) is 0 Å². The molecular formula is C8H20O2Zr. The van der Waals surface area contributed by atoms with Crippen LogP contribution in [0.5, 0.6) is 0 Å². The monoisotopic (exact) mass is 238 g/mol. The predicted molar refractivity (Wildman–Crippen MR) is 41.8 cm³/mol. The van der Waals surface area contributed by atoms with Gasteiger partial charge in [-0.25, -0.2) is 0 Å². The second-order valence-corrected chi connectivity index (χ2v) is 2.12. The first kappa shape index (κ1) is 17.8. The fourth-order valence-electron chi connectivity index (χ4n) is 0.289. The van der Waals surface area contributed by atoms with Crippen molar-refractivity contribution in [2.45, 2.75) is 39.5 Å². The minimum absolute atomic E-state index is 0. The number of unbranched alkanes of at least 4 members (excludes halogenated alkanes) is 2. The summed E-state index contributed by atoms with van der Waals surface area (Å²) in [6, 6.07) is 0. The summed E-state index contributed by atoms with van der Waals surface area (Å²) in [5.74, 6) is 0. The van der Waals surface area contributed by atoms with Crippen molar-refractivity contribution in [1.82, 2.24) is 0 Å². The van der Waals surface area contributed by atoms with Gasteiger partial charge in [-0.1, -0.05) is 39.5 Å². The molecule has 68 valence electrons. The van der Waals surface area contributed by atoms with Gasteiger partial charge in [0.1, 0.15) is 0 Å². The summed E-state index contributed by atoms with van der Waals surface area (Å²) in [7, 11) is 0. The van der Waals surface area contributed by atoms with Gasteiger partial charge in [-0.2, -0.15) is 0 Å². The predicted octanol–water partition coefficient (Wildman–Crippen LogP) is 0.516. The molecule has 0 aromatic rings. The Morgan fingerprint density at radius 3 is 1.18 bits per heavy atom. The van der Waals surface area contributed by atoms with Crippen LogP contribution in [-0.4, -0.2) is 13.2 Å². The molecular weight excluding hydrogens is 219 g/mol. The van der Waals surface area contributed by atoms with E-state index >= 15 is 0 Å². The molecule has 0 rings (SSSR count). The second kappa shape index (κ2) is 22.4. The molecule has 0 atom stereocenters. The summed E-state index contributed by atoms with van der Waals surface area (Å²) in [6.07, 6.45) is 3.73. The van der Waals surface area contributed by atoms with Crippen molar-refractivity contribution in [3.63, 3.8) is 0 Å². The van der Waals surface area contributed by atoms with E-state index < -0.39 is 0 Å². The number of rotatable bonds is 4. The molecule has 2 nitrogen and oxygen atoms in total. The van der Waals surface area contributed by atoms with Gasteiger partial charge in [-0.3, -0.25) is 0 Å². The average Bonchev–Trinajstić information content (AvgIpc) is 1.93. The molecule has 0 amide bonds. The zero-order valence-electron chi connectivity index (χ0n) is 9.56. The summed E-state index contributed by atoms with van der Waals surface area (Å²) in [6.45, 7) is 4.21. The molecule has 0 aliphatic carbocycles. The molecule has 3 heteroatoms. The molecule has 0 spiro atoms. The number of hydrogen-bond acceptors (Lipinski definition) is 2. The first-order chi connectivity index (χ1) is 4.83. The molecule has 0 radical (unpaired) electrons. The van der Waals surface area contributed by atoms with Crippen molar-refractivity contribution < 1.29 is 39.3 Å². The van der Waals surface area contributed by atoms with E-state index in [-0.39, 0.29) is 42.3 Å². The molecule has 0 fully saturated rings. The molecule has 0 saturated carbocycles. The topological polar surface area (TPSA) is 46.1 Å². The molecule has 0 aliphatic heterocycles. The van der Waals surface area contributed by atoms with Gasteiger partial charge < -0.3 is 13.1 Å². The van der Waals surface area contributed by atoms with Gasteiger partial charge >= 0.3 is 26.2 Å². The molecule has 11 heavy (non-hydrogen) atoms. The van der Waals surface area contributed by atoms with Crippen LogP contribution in [0.2, 0.25) is 0 Å². The Morgan fingerprint density at radius 2 is 1.18 bits per heavy atom. The van der Waals surface area contributed by atoms with E-state index in [0.29, 0.717) is 0 Å². The molecule has 0 N–H and O–H groups in total. The van der Waals surface area contributed by atoms with Gasteiger partial charge in [0.2, 0.25) is 0 Å². The van der Waals surface area contributed by atoms with E-state index in [2.05, 4.69) is 0 Å². The third kappa shape index (κ3) is 36.3. The van der Waals surface area contributed by atoms with Crippen molar-refractivity contribution in [1.29, 1.82) is 0 Å². The standard InChI is InChI=1S/2C4H9O.Zr.2H/c2*1-2-3-4-5;;;/h2*2-4H2,1H3;;;/q2*-1;+4;2*-1. The fraction of sp³-hybridized carbons (Fsp3) is 1.00. The summed E-state index contributed by atoms with van der Waals surface area (Å²) in [4.78, 5) is 0. The normalized spacial score (nSPS) is 7.64. The van der Waals surface area contributed by atoms with Crippen LogP contribution >= 0.6 is 0 Å².